The van der Waals surface area contributed by atoms with Gasteiger partial charge in [-0.2, -0.15) is 0 Å². The summed E-state index contributed by atoms with van der Waals surface area (Å²) in [6, 6.07) is 6.78. The van der Waals surface area contributed by atoms with Gasteiger partial charge in [-0.15, -0.1) is 0 Å². The first kappa shape index (κ1) is 20.7. The van der Waals surface area contributed by atoms with Crippen LogP contribution in [0, 0.1) is 0 Å². The molecule has 0 saturated heterocycles. The maximum atomic E-state index is 12.2. The first-order chi connectivity index (χ1) is 13.0. The third-order valence-corrected chi connectivity index (χ3v) is 4.61. The van der Waals surface area contributed by atoms with Gasteiger partial charge in [-0.3, -0.25) is 4.79 Å². The number of nitrogens with one attached hydrogen (secondary N) is 1. The molecule has 1 atom stereocenters. The van der Waals surface area contributed by atoms with E-state index in [2.05, 4.69) is 10.1 Å². The first-order valence-electron chi connectivity index (χ1n) is 9.37. The van der Waals surface area contributed by atoms with Crippen LogP contribution >= 0.6 is 0 Å². The zero-order valence-electron chi connectivity index (χ0n) is 15.9. The van der Waals surface area contributed by atoms with E-state index in [4.69, 9.17) is 4.74 Å². The summed E-state index contributed by atoms with van der Waals surface area (Å²) in [5.41, 5.74) is 1.16. The molecule has 0 aliphatic heterocycles. The number of hydrogen-bond donors (Lipinski definition) is 1. The van der Waals surface area contributed by atoms with Crippen molar-refractivity contribution in [3.63, 3.8) is 0 Å². The van der Waals surface area contributed by atoms with E-state index in [0.29, 0.717) is 5.56 Å². The van der Waals surface area contributed by atoms with Crippen LogP contribution in [0.15, 0.2) is 30.3 Å². The molecular weight excluding hydrogens is 346 g/mol. The van der Waals surface area contributed by atoms with Gasteiger partial charge in [0.25, 0.3) is 5.91 Å². The summed E-state index contributed by atoms with van der Waals surface area (Å²) in [5.74, 6) is -1.26. The molecule has 146 valence electrons. The predicted octanol–water partition coefficient (Wildman–Crippen LogP) is 3.26. The number of rotatable bonds is 6. The van der Waals surface area contributed by atoms with Crippen LogP contribution in [-0.2, 0) is 19.1 Å². The summed E-state index contributed by atoms with van der Waals surface area (Å²) >= 11 is 0. The second-order valence-corrected chi connectivity index (χ2v) is 6.72. The average Bonchev–Trinajstić information content (AvgIpc) is 2.94. The third kappa shape index (κ3) is 6.89. The Labute approximate surface area is 159 Å². The van der Waals surface area contributed by atoms with Crippen molar-refractivity contribution in [3.05, 3.63) is 41.5 Å². The number of carbonyl (C=O) groups is 3. The van der Waals surface area contributed by atoms with Crippen LogP contribution in [0.2, 0.25) is 0 Å². The minimum atomic E-state index is -0.841. The molecule has 1 aliphatic rings. The van der Waals surface area contributed by atoms with Gasteiger partial charge >= 0.3 is 11.9 Å². The van der Waals surface area contributed by atoms with Gasteiger partial charge in [0, 0.05) is 12.1 Å². The number of esters is 2. The Morgan fingerprint density at radius 3 is 2.30 bits per heavy atom. The fraction of sp³-hybridized carbons (Fsp3) is 0.476. The van der Waals surface area contributed by atoms with Gasteiger partial charge < -0.3 is 14.8 Å². The summed E-state index contributed by atoms with van der Waals surface area (Å²) in [6.45, 7) is 1.57. The van der Waals surface area contributed by atoms with Crippen LogP contribution in [-0.4, -0.2) is 37.1 Å². The first-order valence-corrected chi connectivity index (χ1v) is 9.37. The Balaban J connectivity index is 1.81. The lowest BCUT2D eigenvalue weighted by Gasteiger charge is -2.19. The van der Waals surface area contributed by atoms with Crippen LogP contribution in [0.4, 0.5) is 0 Å². The number of methoxy groups -OCH3 is 1. The number of ether oxygens (including phenoxy) is 2. The van der Waals surface area contributed by atoms with E-state index in [1.165, 1.54) is 26.0 Å². The fourth-order valence-electron chi connectivity index (χ4n) is 3.02. The van der Waals surface area contributed by atoms with Crippen LogP contribution < -0.4 is 5.32 Å². The molecule has 6 nitrogen and oxygen atoms in total. The van der Waals surface area contributed by atoms with Crippen LogP contribution in [0.25, 0.3) is 6.08 Å². The second-order valence-electron chi connectivity index (χ2n) is 6.72. The third-order valence-electron chi connectivity index (χ3n) is 4.61. The molecule has 0 spiro atoms. The molecular formula is C21H27NO5. The summed E-state index contributed by atoms with van der Waals surface area (Å²) in [6.07, 6.45) is 8.62. The highest BCUT2D eigenvalue weighted by Gasteiger charge is 2.21. The summed E-state index contributed by atoms with van der Waals surface area (Å²) in [7, 11) is 1.32. The highest BCUT2D eigenvalue weighted by Crippen LogP contribution is 2.17. The lowest BCUT2D eigenvalue weighted by atomic mass is 10.1. The van der Waals surface area contributed by atoms with Crippen molar-refractivity contribution in [2.75, 3.05) is 7.11 Å². The zero-order chi connectivity index (χ0) is 19.6. The molecule has 1 amide bonds. The molecule has 27 heavy (non-hydrogen) atoms. The van der Waals surface area contributed by atoms with Crippen molar-refractivity contribution < 1.29 is 23.9 Å². The highest BCUT2D eigenvalue weighted by molar-refractivity contribution is 5.91. The molecule has 1 aromatic carbocycles. The quantitative estimate of drug-likeness (QED) is 0.470. The normalized spacial score (nSPS) is 16.4. The van der Waals surface area contributed by atoms with Crippen molar-refractivity contribution in [1.82, 2.24) is 5.32 Å². The molecule has 1 aliphatic carbocycles. The van der Waals surface area contributed by atoms with E-state index in [0.717, 1.165) is 31.2 Å². The largest absolute Gasteiger partial charge is 0.465 e. The fourth-order valence-corrected chi connectivity index (χ4v) is 3.02. The van der Waals surface area contributed by atoms with Crippen molar-refractivity contribution in [2.24, 2.45) is 0 Å². The molecule has 0 radical (unpaired) electrons. The van der Waals surface area contributed by atoms with E-state index >= 15 is 0 Å². The lowest BCUT2D eigenvalue weighted by Crippen LogP contribution is -2.41. The van der Waals surface area contributed by atoms with Crippen molar-refractivity contribution in [1.29, 1.82) is 0 Å². The van der Waals surface area contributed by atoms with Gasteiger partial charge in [0.05, 0.1) is 12.7 Å². The lowest BCUT2D eigenvalue weighted by molar-refractivity contribution is -0.150. The van der Waals surface area contributed by atoms with E-state index in [-0.39, 0.29) is 11.9 Å². The molecule has 0 aromatic heterocycles. The maximum Gasteiger partial charge on any atom is 0.337 e. The Morgan fingerprint density at radius 1 is 1.07 bits per heavy atom. The highest BCUT2D eigenvalue weighted by atomic mass is 16.5. The van der Waals surface area contributed by atoms with E-state index in [1.54, 1.807) is 37.3 Å². The summed E-state index contributed by atoms with van der Waals surface area (Å²) in [5, 5.41) is 2.98. The average molecular weight is 373 g/mol. The van der Waals surface area contributed by atoms with Crippen LogP contribution in [0.3, 0.4) is 0 Å². The van der Waals surface area contributed by atoms with Crippen molar-refractivity contribution in [2.45, 2.75) is 57.6 Å². The van der Waals surface area contributed by atoms with Crippen molar-refractivity contribution >= 4 is 23.9 Å². The summed E-state index contributed by atoms with van der Waals surface area (Å²) in [4.78, 5) is 35.5. The van der Waals surface area contributed by atoms with Gasteiger partial charge in [-0.1, -0.05) is 37.8 Å². The Morgan fingerprint density at radius 2 is 1.70 bits per heavy atom. The van der Waals surface area contributed by atoms with Crippen LogP contribution in [0.1, 0.15) is 61.4 Å². The topological polar surface area (TPSA) is 81.7 Å². The molecule has 6 heteroatoms. The zero-order valence-corrected chi connectivity index (χ0v) is 15.9. The summed E-state index contributed by atoms with van der Waals surface area (Å²) < 4.78 is 9.81. The van der Waals surface area contributed by atoms with Gasteiger partial charge in [-0.25, -0.2) is 9.59 Å². The van der Waals surface area contributed by atoms with Gasteiger partial charge in [0.15, 0.2) is 6.10 Å². The van der Waals surface area contributed by atoms with Gasteiger partial charge in [-0.05, 0) is 43.5 Å². The monoisotopic (exact) mass is 373 g/mol. The molecule has 0 bridgehead atoms. The molecule has 0 heterocycles. The number of carbonyl (C=O) groups excluding carboxylic acids is 3. The Bertz CT molecular complexity index is 672. The van der Waals surface area contributed by atoms with Crippen LogP contribution in [0.5, 0.6) is 0 Å². The Kier molecular flexibility index (Phi) is 8.04. The van der Waals surface area contributed by atoms with Gasteiger partial charge in [0.1, 0.15) is 0 Å². The minimum absolute atomic E-state index is 0.171. The standard InChI is InChI=1S/C21H27NO5/c1-15(20(24)22-18-7-5-3-4-6-8-18)27-19(23)14-11-16-9-12-17(13-10-16)21(25)26-2/h9-15,18H,3-8H2,1-2H3,(H,22,24)/b14-11+/t15-/m0/s1. The van der Waals surface area contributed by atoms with Crippen molar-refractivity contribution in [3.8, 4) is 0 Å². The number of amides is 1. The maximum absolute atomic E-state index is 12.2. The molecule has 1 fully saturated rings. The van der Waals surface area contributed by atoms with Gasteiger partial charge in [0.2, 0.25) is 0 Å². The minimum Gasteiger partial charge on any atom is -0.465 e. The second kappa shape index (κ2) is 10.5. The number of hydrogen-bond acceptors (Lipinski definition) is 5. The molecule has 2 rings (SSSR count). The molecule has 0 unspecified atom stereocenters. The predicted molar refractivity (Wildman–Crippen MR) is 102 cm³/mol. The molecule has 1 saturated carbocycles. The number of benzene rings is 1. The smallest absolute Gasteiger partial charge is 0.337 e. The van der Waals surface area contributed by atoms with E-state index < -0.39 is 18.0 Å². The van der Waals surface area contributed by atoms with E-state index in [1.807, 2.05) is 0 Å². The Hall–Kier alpha value is -2.63. The molecule has 1 aromatic rings. The SMILES string of the molecule is COC(=O)c1ccc(/C=C/C(=O)O[C@@H](C)C(=O)NC2CCCCCC2)cc1. The van der Waals surface area contributed by atoms with E-state index in [9.17, 15) is 14.4 Å². The molecule has 1 N–H and O–H groups in total.